The molecule has 1 aromatic rings. The van der Waals surface area contributed by atoms with E-state index in [-0.39, 0.29) is 10.8 Å². The zero-order valence-electron chi connectivity index (χ0n) is 9.15. The number of benzene rings is 1. The Hall–Kier alpha value is -1.27. The highest BCUT2D eigenvalue weighted by atomic mass is 35.7. The molecule has 0 radical (unpaired) electrons. The van der Waals surface area contributed by atoms with Gasteiger partial charge in [-0.2, -0.15) is 0 Å². The maximum Gasteiger partial charge on any atom is 0.265 e. The molecule has 7 heteroatoms. The minimum Gasteiger partial charge on any atom is -0.479 e. The third-order valence-corrected chi connectivity index (χ3v) is 3.93. The molecule has 92 valence electrons. The highest BCUT2D eigenvalue weighted by molar-refractivity contribution is 8.13. The number of halogens is 1. The first-order valence-electron chi connectivity index (χ1n) is 4.86. The summed E-state index contributed by atoms with van der Waals surface area (Å²) in [5.41, 5.74) is 0.909. The lowest BCUT2D eigenvalue weighted by Crippen LogP contribution is -2.34. The van der Waals surface area contributed by atoms with Crippen molar-refractivity contribution >= 4 is 31.3 Å². The number of aryl methyl sites for hydroxylation is 1. The van der Waals surface area contributed by atoms with Crippen LogP contribution in [0.3, 0.4) is 0 Å². The fraction of sp³-hybridized carbons (Fsp3) is 0.300. The SMILES string of the molecule is Cc1cc2c(cc1S(=O)(=O)Cl)O[C@H](C)C(=O)N2. The summed E-state index contributed by atoms with van der Waals surface area (Å²) < 4.78 is 27.9. The predicted molar refractivity (Wildman–Crippen MR) is 62.9 cm³/mol. The van der Waals surface area contributed by atoms with Crippen LogP contribution in [0, 0.1) is 6.92 Å². The fourth-order valence-corrected chi connectivity index (χ4v) is 2.80. The van der Waals surface area contributed by atoms with E-state index in [1.54, 1.807) is 13.8 Å². The molecule has 1 N–H and O–H groups in total. The maximum atomic E-state index is 11.4. The van der Waals surface area contributed by atoms with Crippen molar-refractivity contribution in [2.45, 2.75) is 24.8 Å². The number of anilines is 1. The van der Waals surface area contributed by atoms with Crippen molar-refractivity contribution in [3.63, 3.8) is 0 Å². The van der Waals surface area contributed by atoms with Crippen molar-refractivity contribution in [2.24, 2.45) is 0 Å². The topological polar surface area (TPSA) is 72.5 Å². The standard InChI is InChI=1S/C10H10ClNO4S/c1-5-3-7-8(4-9(5)17(11,14)15)16-6(2)10(13)12-7/h3-4,6H,1-2H3,(H,12,13)/t6-/m1/s1. The minimum atomic E-state index is -3.82. The smallest absolute Gasteiger partial charge is 0.265 e. The number of hydrogen-bond donors (Lipinski definition) is 1. The molecule has 0 unspecified atom stereocenters. The van der Waals surface area contributed by atoms with Gasteiger partial charge in [-0.25, -0.2) is 8.42 Å². The van der Waals surface area contributed by atoms with Gasteiger partial charge in [-0.15, -0.1) is 0 Å². The van der Waals surface area contributed by atoms with Gasteiger partial charge in [-0.1, -0.05) is 0 Å². The molecule has 1 aromatic carbocycles. The third-order valence-electron chi connectivity index (χ3n) is 2.47. The van der Waals surface area contributed by atoms with E-state index in [2.05, 4.69) is 5.32 Å². The lowest BCUT2D eigenvalue weighted by molar-refractivity contribution is -0.122. The minimum absolute atomic E-state index is 0.0127. The van der Waals surface area contributed by atoms with E-state index in [0.717, 1.165) is 0 Å². The average Bonchev–Trinajstić information content (AvgIpc) is 2.18. The van der Waals surface area contributed by atoms with Crippen LogP contribution in [0.5, 0.6) is 5.75 Å². The fourth-order valence-electron chi connectivity index (χ4n) is 1.61. The Morgan fingerprint density at radius 3 is 2.65 bits per heavy atom. The first-order chi connectivity index (χ1) is 7.79. The predicted octanol–water partition coefficient (Wildman–Crippen LogP) is 1.64. The second-order valence-electron chi connectivity index (χ2n) is 3.80. The average molecular weight is 276 g/mol. The van der Waals surface area contributed by atoms with E-state index in [0.29, 0.717) is 17.0 Å². The van der Waals surface area contributed by atoms with Crippen molar-refractivity contribution in [3.8, 4) is 5.75 Å². The van der Waals surface area contributed by atoms with Crippen LogP contribution in [-0.4, -0.2) is 20.4 Å². The molecular weight excluding hydrogens is 266 g/mol. The van der Waals surface area contributed by atoms with E-state index >= 15 is 0 Å². The molecule has 0 saturated carbocycles. The van der Waals surface area contributed by atoms with Gasteiger partial charge >= 0.3 is 0 Å². The van der Waals surface area contributed by atoms with Crippen LogP contribution in [0.1, 0.15) is 12.5 Å². The summed E-state index contributed by atoms with van der Waals surface area (Å²) in [5.74, 6) is 0.0419. The van der Waals surface area contributed by atoms with Gasteiger partial charge in [0.15, 0.2) is 6.10 Å². The first kappa shape index (κ1) is 12.2. The Bertz CT molecular complexity index is 597. The van der Waals surface area contributed by atoms with Crippen LogP contribution in [0.4, 0.5) is 5.69 Å². The Labute approximate surface area is 103 Å². The quantitative estimate of drug-likeness (QED) is 0.791. The summed E-state index contributed by atoms with van der Waals surface area (Å²) in [6.07, 6.45) is -0.656. The van der Waals surface area contributed by atoms with Gasteiger partial charge in [-0.05, 0) is 25.5 Å². The van der Waals surface area contributed by atoms with E-state index in [1.807, 2.05) is 0 Å². The zero-order chi connectivity index (χ0) is 12.8. The Morgan fingerprint density at radius 1 is 1.41 bits per heavy atom. The second kappa shape index (κ2) is 3.89. The van der Waals surface area contributed by atoms with Crippen LogP contribution in [-0.2, 0) is 13.8 Å². The van der Waals surface area contributed by atoms with Gasteiger partial charge in [0.25, 0.3) is 15.0 Å². The summed E-state index contributed by atoms with van der Waals surface area (Å²) in [6.45, 7) is 3.17. The largest absolute Gasteiger partial charge is 0.479 e. The van der Waals surface area contributed by atoms with Crippen molar-refractivity contribution in [2.75, 3.05) is 5.32 Å². The molecule has 2 rings (SSSR count). The summed E-state index contributed by atoms with van der Waals surface area (Å²) >= 11 is 0. The van der Waals surface area contributed by atoms with Gasteiger partial charge in [0.2, 0.25) is 0 Å². The number of carbonyl (C=O) groups is 1. The van der Waals surface area contributed by atoms with Gasteiger partial charge in [0.1, 0.15) is 5.75 Å². The molecule has 1 aliphatic heterocycles. The van der Waals surface area contributed by atoms with Crippen LogP contribution in [0.25, 0.3) is 0 Å². The van der Waals surface area contributed by atoms with Gasteiger partial charge < -0.3 is 10.1 Å². The molecule has 1 aliphatic rings. The van der Waals surface area contributed by atoms with Gasteiger partial charge in [0.05, 0.1) is 10.6 Å². The Morgan fingerprint density at radius 2 is 2.06 bits per heavy atom. The van der Waals surface area contributed by atoms with Crippen LogP contribution >= 0.6 is 10.7 Å². The van der Waals surface area contributed by atoms with E-state index in [4.69, 9.17) is 15.4 Å². The van der Waals surface area contributed by atoms with Crippen molar-refractivity contribution in [3.05, 3.63) is 17.7 Å². The Kier molecular flexibility index (Phi) is 2.79. The normalized spacial score (nSPS) is 19.2. The van der Waals surface area contributed by atoms with E-state index < -0.39 is 15.2 Å². The van der Waals surface area contributed by atoms with Crippen LogP contribution < -0.4 is 10.1 Å². The zero-order valence-corrected chi connectivity index (χ0v) is 10.7. The molecule has 17 heavy (non-hydrogen) atoms. The Balaban J connectivity index is 2.58. The number of hydrogen-bond acceptors (Lipinski definition) is 4. The van der Waals surface area contributed by atoms with Gasteiger partial charge in [0, 0.05) is 16.7 Å². The van der Waals surface area contributed by atoms with Crippen molar-refractivity contribution < 1.29 is 17.9 Å². The lowest BCUT2D eigenvalue weighted by Gasteiger charge is -2.24. The summed E-state index contributed by atoms with van der Waals surface area (Å²) in [7, 11) is 1.48. The van der Waals surface area contributed by atoms with E-state index in [1.165, 1.54) is 12.1 Å². The molecule has 0 spiro atoms. The summed E-state index contributed by atoms with van der Waals surface area (Å²) in [4.78, 5) is 11.4. The van der Waals surface area contributed by atoms with E-state index in [9.17, 15) is 13.2 Å². The summed E-state index contributed by atoms with van der Waals surface area (Å²) in [6, 6.07) is 2.84. The molecular formula is C10H10ClNO4S. The number of carbonyl (C=O) groups excluding carboxylic acids is 1. The molecule has 0 aromatic heterocycles. The van der Waals surface area contributed by atoms with Crippen molar-refractivity contribution in [1.29, 1.82) is 0 Å². The number of rotatable bonds is 1. The molecule has 0 saturated heterocycles. The van der Waals surface area contributed by atoms with Crippen LogP contribution in [0.15, 0.2) is 17.0 Å². The number of amides is 1. The van der Waals surface area contributed by atoms with Gasteiger partial charge in [-0.3, -0.25) is 4.79 Å². The molecule has 5 nitrogen and oxygen atoms in total. The molecule has 1 heterocycles. The third kappa shape index (κ3) is 2.23. The highest BCUT2D eigenvalue weighted by Gasteiger charge is 2.26. The molecule has 1 amide bonds. The molecule has 1 atom stereocenters. The highest BCUT2D eigenvalue weighted by Crippen LogP contribution is 2.35. The lowest BCUT2D eigenvalue weighted by atomic mass is 10.1. The second-order valence-corrected chi connectivity index (χ2v) is 6.34. The van der Waals surface area contributed by atoms with Crippen molar-refractivity contribution in [1.82, 2.24) is 0 Å². The molecule has 0 bridgehead atoms. The molecule has 0 fully saturated rings. The number of nitrogens with one attached hydrogen (secondary N) is 1. The number of fused-ring (bicyclic) bond motifs is 1. The first-order valence-corrected chi connectivity index (χ1v) is 7.17. The number of ether oxygens (including phenoxy) is 1. The molecule has 0 aliphatic carbocycles. The van der Waals surface area contributed by atoms with Crippen LogP contribution in [0.2, 0.25) is 0 Å². The maximum absolute atomic E-state index is 11.4. The monoisotopic (exact) mass is 275 g/mol. The summed E-state index contributed by atoms with van der Waals surface area (Å²) in [5, 5.41) is 2.63.